The van der Waals surface area contributed by atoms with Gasteiger partial charge in [0.2, 0.25) is 10.0 Å². The molecule has 1 aromatic heterocycles. The van der Waals surface area contributed by atoms with Crippen LogP contribution < -0.4 is 20.4 Å². The van der Waals surface area contributed by atoms with Crippen LogP contribution in [0.2, 0.25) is 0 Å². The number of amides is 2. The van der Waals surface area contributed by atoms with E-state index < -0.39 is 16.1 Å². The molecule has 2 N–H and O–H groups in total. The highest BCUT2D eigenvalue weighted by Gasteiger charge is 2.24. The molecule has 2 fully saturated rings. The molecule has 0 radical (unpaired) electrons. The Morgan fingerprint density at radius 1 is 0.810 bits per heavy atom. The molecular formula is C29H35N7O5S. The fourth-order valence-electron chi connectivity index (χ4n) is 5.09. The summed E-state index contributed by atoms with van der Waals surface area (Å²) in [4.78, 5) is 38.6. The van der Waals surface area contributed by atoms with Gasteiger partial charge in [0.05, 0.1) is 19.5 Å². The lowest BCUT2D eigenvalue weighted by atomic mass is 10.1. The van der Waals surface area contributed by atoms with Gasteiger partial charge in [0.15, 0.2) is 11.6 Å². The topological polar surface area (TPSA) is 137 Å². The maximum Gasteiger partial charge on any atom is 0.323 e. The molecule has 13 heteroatoms. The normalized spacial score (nSPS) is 16.3. The molecule has 42 heavy (non-hydrogen) atoms. The number of ketones is 1. The molecule has 2 amide bonds. The number of nitrogens with zero attached hydrogens (tertiary/aromatic N) is 5. The lowest BCUT2D eigenvalue weighted by Crippen LogP contribution is -2.48. The first kappa shape index (κ1) is 29.4. The predicted octanol–water partition coefficient (Wildman–Crippen LogP) is 3.22. The lowest BCUT2D eigenvalue weighted by molar-refractivity contribution is 0.101. The van der Waals surface area contributed by atoms with Gasteiger partial charge in [-0.2, -0.15) is 4.31 Å². The second-order valence-electron chi connectivity index (χ2n) is 10.4. The predicted molar refractivity (Wildman–Crippen MR) is 163 cm³/mol. The number of hydrogen-bond donors (Lipinski definition) is 2. The Morgan fingerprint density at radius 3 is 1.93 bits per heavy atom. The minimum atomic E-state index is -3.18. The van der Waals surface area contributed by atoms with Crippen molar-refractivity contribution < 1.29 is 22.7 Å². The molecule has 0 bridgehead atoms. The summed E-state index contributed by atoms with van der Waals surface area (Å²) in [6.07, 6.45) is 1.23. The van der Waals surface area contributed by atoms with Crippen molar-refractivity contribution in [2.24, 2.45) is 0 Å². The van der Waals surface area contributed by atoms with Crippen molar-refractivity contribution in [3.63, 3.8) is 0 Å². The number of carbonyl (C=O) groups is 2. The van der Waals surface area contributed by atoms with E-state index in [1.165, 1.54) is 17.5 Å². The summed E-state index contributed by atoms with van der Waals surface area (Å²) in [6, 6.07) is 14.2. The number of Topliss-reactive ketones (excluding diaryl/α,β-unsaturated/α-hetero) is 1. The zero-order chi connectivity index (χ0) is 29.9. The number of anilines is 4. The van der Waals surface area contributed by atoms with Crippen molar-refractivity contribution in [2.75, 3.05) is 79.2 Å². The summed E-state index contributed by atoms with van der Waals surface area (Å²) in [5.74, 6) is 1.06. The minimum Gasteiger partial charge on any atom is -0.378 e. The number of benzene rings is 2. The van der Waals surface area contributed by atoms with Gasteiger partial charge in [-0.15, -0.1) is 0 Å². The number of morpholine rings is 1. The first-order valence-electron chi connectivity index (χ1n) is 13.8. The van der Waals surface area contributed by atoms with Gasteiger partial charge >= 0.3 is 6.03 Å². The maximum absolute atomic E-state index is 12.7. The molecular weight excluding hydrogens is 558 g/mol. The fourth-order valence-corrected chi connectivity index (χ4v) is 5.92. The van der Waals surface area contributed by atoms with Gasteiger partial charge in [-0.25, -0.2) is 23.2 Å². The Kier molecular flexibility index (Phi) is 8.71. The van der Waals surface area contributed by atoms with E-state index in [0.717, 1.165) is 22.6 Å². The van der Waals surface area contributed by atoms with Crippen molar-refractivity contribution in [1.82, 2.24) is 14.3 Å². The number of ether oxygens (including phenoxy) is 1. The number of hydrogen-bond acceptors (Lipinski definition) is 9. The van der Waals surface area contributed by atoms with E-state index >= 15 is 0 Å². The van der Waals surface area contributed by atoms with E-state index in [-0.39, 0.29) is 5.78 Å². The molecule has 3 heterocycles. The van der Waals surface area contributed by atoms with Crippen molar-refractivity contribution in [2.45, 2.75) is 13.8 Å². The van der Waals surface area contributed by atoms with E-state index in [0.29, 0.717) is 75.4 Å². The van der Waals surface area contributed by atoms with E-state index in [2.05, 4.69) is 25.4 Å². The van der Waals surface area contributed by atoms with Crippen LogP contribution in [0.1, 0.15) is 23.0 Å². The zero-order valence-corrected chi connectivity index (χ0v) is 24.8. The van der Waals surface area contributed by atoms with Crippen LogP contribution in [0.5, 0.6) is 0 Å². The molecule has 5 rings (SSSR count). The van der Waals surface area contributed by atoms with Crippen LogP contribution in [-0.2, 0) is 14.8 Å². The summed E-state index contributed by atoms with van der Waals surface area (Å²) in [6.45, 7) is 8.07. The molecule has 2 saturated heterocycles. The Labute approximate surface area is 245 Å². The molecule has 222 valence electrons. The van der Waals surface area contributed by atoms with Gasteiger partial charge in [-0.3, -0.25) is 4.79 Å². The maximum atomic E-state index is 12.7. The largest absolute Gasteiger partial charge is 0.378 e. The Morgan fingerprint density at radius 2 is 1.38 bits per heavy atom. The number of nitrogens with one attached hydrogen (secondary N) is 2. The molecule has 2 aromatic carbocycles. The number of aromatic nitrogens is 2. The molecule has 0 spiro atoms. The number of carbonyl (C=O) groups excluding carboxylic acids is 2. The Balaban J connectivity index is 1.21. The highest BCUT2D eigenvalue weighted by molar-refractivity contribution is 7.88. The monoisotopic (exact) mass is 593 g/mol. The number of urea groups is 1. The van der Waals surface area contributed by atoms with Crippen LogP contribution in [0.4, 0.5) is 27.7 Å². The van der Waals surface area contributed by atoms with Gasteiger partial charge in [0.1, 0.15) is 11.5 Å². The highest BCUT2D eigenvalue weighted by Crippen LogP contribution is 2.27. The quantitative estimate of drug-likeness (QED) is 0.396. The molecule has 0 aliphatic carbocycles. The first-order valence-corrected chi connectivity index (χ1v) is 15.6. The fraction of sp³-hybridized carbons (Fsp3) is 0.379. The standard InChI is InChI=1S/C29H35N7O5S/c1-20-26(21(2)37)32-27(33-28(20)35-16-18-41-19-17-35)22-4-6-23(7-5-22)30-29(38)31-24-8-10-25(11-9-24)34-12-14-36(15-13-34)42(3,39)40/h4-11H,12-19H2,1-3H3,(H2,30,31,38). The zero-order valence-electron chi connectivity index (χ0n) is 24.0. The SMILES string of the molecule is CC(=O)c1nc(-c2ccc(NC(=O)Nc3ccc(N4CCN(S(C)(=O)=O)CC4)cc3)cc2)nc(N2CCOCC2)c1C. The molecule has 0 unspecified atom stereocenters. The minimum absolute atomic E-state index is 0.122. The summed E-state index contributed by atoms with van der Waals surface area (Å²) in [7, 11) is -3.18. The number of piperazine rings is 1. The molecule has 12 nitrogen and oxygen atoms in total. The van der Waals surface area contributed by atoms with Crippen molar-refractivity contribution in [3.05, 3.63) is 59.8 Å². The van der Waals surface area contributed by atoms with Crippen molar-refractivity contribution >= 4 is 44.7 Å². The molecule has 0 atom stereocenters. The van der Waals surface area contributed by atoms with E-state index in [4.69, 9.17) is 9.72 Å². The van der Waals surface area contributed by atoms with Gasteiger partial charge in [-0.1, -0.05) is 0 Å². The summed E-state index contributed by atoms with van der Waals surface area (Å²) < 4.78 is 30.4. The number of sulfonamides is 1. The lowest BCUT2D eigenvalue weighted by Gasteiger charge is -2.34. The Hall–Kier alpha value is -4.07. The molecule has 2 aliphatic heterocycles. The smallest absolute Gasteiger partial charge is 0.323 e. The van der Waals surface area contributed by atoms with E-state index in [9.17, 15) is 18.0 Å². The third kappa shape index (κ3) is 6.86. The third-order valence-electron chi connectivity index (χ3n) is 7.36. The molecule has 0 saturated carbocycles. The highest BCUT2D eigenvalue weighted by atomic mass is 32.2. The summed E-state index contributed by atoms with van der Waals surface area (Å²) >= 11 is 0. The summed E-state index contributed by atoms with van der Waals surface area (Å²) in [5, 5.41) is 5.66. The van der Waals surface area contributed by atoms with Crippen molar-refractivity contribution in [3.8, 4) is 11.4 Å². The molecule has 2 aliphatic rings. The van der Waals surface area contributed by atoms with Crippen LogP contribution in [0, 0.1) is 6.92 Å². The van der Waals surface area contributed by atoms with E-state index in [1.807, 2.05) is 43.3 Å². The van der Waals surface area contributed by atoms with Crippen LogP contribution in [0.25, 0.3) is 11.4 Å². The average molecular weight is 594 g/mol. The van der Waals surface area contributed by atoms with Gasteiger partial charge < -0.3 is 25.2 Å². The van der Waals surface area contributed by atoms with Crippen LogP contribution >= 0.6 is 0 Å². The second-order valence-corrected chi connectivity index (χ2v) is 12.3. The van der Waals surface area contributed by atoms with E-state index in [1.54, 1.807) is 12.1 Å². The average Bonchev–Trinajstić information content (AvgIpc) is 2.98. The second kappa shape index (κ2) is 12.4. The summed E-state index contributed by atoms with van der Waals surface area (Å²) in [5.41, 5.74) is 4.06. The van der Waals surface area contributed by atoms with Gasteiger partial charge in [-0.05, 0) is 55.5 Å². The van der Waals surface area contributed by atoms with Crippen LogP contribution in [0.3, 0.4) is 0 Å². The van der Waals surface area contributed by atoms with Gasteiger partial charge in [0, 0.05) is 74.4 Å². The number of rotatable bonds is 7. The van der Waals surface area contributed by atoms with Gasteiger partial charge in [0.25, 0.3) is 0 Å². The van der Waals surface area contributed by atoms with Crippen LogP contribution in [-0.4, -0.2) is 93.2 Å². The first-order chi connectivity index (χ1) is 20.1. The van der Waals surface area contributed by atoms with Crippen molar-refractivity contribution in [1.29, 1.82) is 0 Å². The molecule has 3 aromatic rings. The third-order valence-corrected chi connectivity index (χ3v) is 8.67. The van der Waals surface area contributed by atoms with Crippen LogP contribution in [0.15, 0.2) is 48.5 Å². The Bertz CT molecular complexity index is 1550.